The zero-order chi connectivity index (χ0) is 22.7. The largest absolute Gasteiger partial charge is 0.330 e. The quantitative estimate of drug-likeness (QED) is 0.402. The van der Waals surface area contributed by atoms with Gasteiger partial charge in [-0.05, 0) is 76.9 Å². The third-order valence-corrected chi connectivity index (χ3v) is 4.73. The Bertz CT molecular complexity index is 660. The zero-order valence-electron chi connectivity index (χ0n) is 20.1. The predicted octanol–water partition coefficient (Wildman–Crippen LogP) is 2.70. The number of benzene rings is 1. The topological polar surface area (TPSA) is 69.4 Å². The van der Waals surface area contributed by atoms with Crippen LogP contribution >= 0.6 is 0 Å². The van der Waals surface area contributed by atoms with Gasteiger partial charge in [0.2, 0.25) is 0 Å². The SMILES string of the molecule is CCCN.CN(C)CCNCc1ccnc(CNCCCN(C)Cc2ccccc2)c1. The number of pyridine rings is 1. The molecule has 6 nitrogen and oxygen atoms in total. The minimum absolute atomic E-state index is 0.819. The monoisotopic (exact) mass is 428 g/mol. The fourth-order valence-electron chi connectivity index (χ4n) is 2.93. The third-order valence-electron chi connectivity index (χ3n) is 4.73. The summed E-state index contributed by atoms with van der Waals surface area (Å²) in [5.41, 5.74) is 8.80. The molecule has 31 heavy (non-hydrogen) atoms. The summed E-state index contributed by atoms with van der Waals surface area (Å²) in [5.74, 6) is 0. The van der Waals surface area contributed by atoms with Crippen LogP contribution in [-0.2, 0) is 19.6 Å². The molecule has 0 spiro atoms. The van der Waals surface area contributed by atoms with Gasteiger partial charge in [-0.1, -0.05) is 37.3 Å². The first kappa shape index (κ1) is 27.2. The molecular formula is C25H44N6. The van der Waals surface area contributed by atoms with Crippen LogP contribution in [0.1, 0.15) is 36.6 Å². The maximum atomic E-state index is 5.03. The Morgan fingerprint density at radius 3 is 2.29 bits per heavy atom. The number of nitrogens with one attached hydrogen (secondary N) is 2. The number of nitrogens with zero attached hydrogens (tertiary/aromatic N) is 3. The molecule has 1 heterocycles. The Morgan fingerprint density at radius 1 is 0.903 bits per heavy atom. The van der Waals surface area contributed by atoms with E-state index >= 15 is 0 Å². The second kappa shape index (κ2) is 17.8. The highest BCUT2D eigenvalue weighted by Gasteiger charge is 2.01. The molecule has 2 aromatic rings. The Balaban J connectivity index is 0.00000110. The van der Waals surface area contributed by atoms with Crippen LogP contribution in [-0.4, -0.2) is 68.7 Å². The molecule has 0 fully saturated rings. The minimum Gasteiger partial charge on any atom is -0.330 e. The van der Waals surface area contributed by atoms with Crippen molar-refractivity contribution in [2.75, 3.05) is 53.9 Å². The summed E-state index contributed by atoms with van der Waals surface area (Å²) in [5, 5.41) is 6.99. The molecule has 0 atom stereocenters. The summed E-state index contributed by atoms with van der Waals surface area (Å²) in [7, 11) is 6.37. The molecule has 0 aliphatic heterocycles. The van der Waals surface area contributed by atoms with Crippen molar-refractivity contribution in [1.29, 1.82) is 0 Å². The fraction of sp³-hybridized carbons (Fsp3) is 0.560. The number of nitrogens with two attached hydrogens (primary N) is 1. The molecule has 0 radical (unpaired) electrons. The van der Waals surface area contributed by atoms with E-state index in [1.54, 1.807) is 0 Å². The van der Waals surface area contributed by atoms with Gasteiger partial charge in [0, 0.05) is 38.9 Å². The van der Waals surface area contributed by atoms with Crippen molar-refractivity contribution >= 4 is 0 Å². The maximum Gasteiger partial charge on any atom is 0.0544 e. The predicted molar refractivity (Wildman–Crippen MR) is 133 cm³/mol. The fourth-order valence-corrected chi connectivity index (χ4v) is 2.93. The van der Waals surface area contributed by atoms with Gasteiger partial charge >= 0.3 is 0 Å². The number of aromatic nitrogens is 1. The molecule has 0 amide bonds. The van der Waals surface area contributed by atoms with Gasteiger partial charge in [-0.2, -0.15) is 0 Å². The summed E-state index contributed by atoms with van der Waals surface area (Å²) in [4.78, 5) is 9.03. The highest BCUT2D eigenvalue weighted by atomic mass is 15.1. The Morgan fingerprint density at radius 2 is 1.61 bits per heavy atom. The minimum atomic E-state index is 0.819. The molecule has 0 bridgehead atoms. The second-order valence-electron chi connectivity index (χ2n) is 8.18. The Kier molecular flexibility index (Phi) is 15.6. The number of hydrogen-bond donors (Lipinski definition) is 3. The van der Waals surface area contributed by atoms with Crippen molar-refractivity contribution in [3.8, 4) is 0 Å². The summed E-state index contributed by atoms with van der Waals surface area (Å²) in [6.45, 7) is 9.75. The molecule has 2 rings (SSSR count). The third kappa shape index (κ3) is 14.7. The van der Waals surface area contributed by atoms with Gasteiger partial charge in [-0.15, -0.1) is 0 Å². The van der Waals surface area contributed by atoms with E-state index in [2.05, 4.69) is 95.9 Å². The van der Waals surface area contributed by atoms with E-state index in [4.69, 9.17) is 5.73 Å². The Labute approximate surface area is 190 Å². The molecule has 1 aromatic heterocycles. The standard InChI is InChI=1S/C22H35N5.C3H9N/c1-26(2)15-13-24-17-21-10-12-25-22(16-21)18-23-11-7-14-27(3)19-20-8-5-4-6-9-20;1-2-3-4/h4-6,8-10,12,16,23-24H,7,11,13-15,17-19H2,1-3H3;2-4H2,1H3. The van der Waals surface area contributed by atoms with E-state index < -0.39 is 0 Å². The van der Waals surface area contributed by atoms with E-state index in [1.165, 1.54) is 11.1 Å². The van der Waals surface area contributed by atoms with Crippen molar-refractivity contribution in [2.45, 2.75) is 39.4 Å². The molecule has 0 unspecified atom stereocenters. The highest BCUT2D eigenvalue weighted by molar-refractivity contribution is 5.16. The van der Waals surface area contributed by atoms with Gasteiger partial charge in [-0.25, -0.2) is 0 Å². The highest BCUT2D eigenvalue weighted by Crippen LogP contribution is 2.03. The lowest BCUT2D eigenvalue weighted by atomic mass is 10.2. The first-order chi connectivity index (χ1) is 15.0. The molecule has 174 valence electrons. The van der Waals surface area contributed by atoms with E-state index in [-0.39, 0.29) is 0 Å². The summed E-state index contributed by atoms with van der Waals surface area (Å²) >= 11 is 0. The zero-order valence-corrected chi connectivity index (χ0v) is 20.1. The van der Waals surface area contributed by atoms with Crippen LogP contribution in [0, 0.1) is 0 Å². The van der Waals surface area contributed by atoms with E-state index in [0.29, 0.717) is 0 Å². The van der Waals surface area contributed by atoms with Crippen molar-refractivity contribution in [2.24, 2.45) is 5.73 Å². The molecule has 4 N–H and O–H groups in total. The van der Waals surface area contributed by atoms with Gasteiger partial charge in [0.15, 0.2) is 0 Å². The van der Waals surface area contributed by atoms with Crippen molar-refractivity contribution in [3.05, 3.63) is 65.5 Å². The van der Waals surface area contributed by atoms with Crippen LogP contribution in [0.25, 0.3) is 0 Å². The van der Waals surface area contributed by atoms with E-state index in [9.17, 15) is 0 Å². The first-order valence-electron chi connectivity index (χ1n) is 11.5. The van der Waals surface area contributed by atoms with E-state index in [0.717, 1.165) is 70.9 Å². The van der Waals surface area contributed by atoms with Gasteiger partial charge < -0.3 is 26.2 Å². The van der Waals surface area contributed by atoms with Crippen molar-refractivity contribution in [1.82, 2.24) is 25.4 Å². The van der Waals surface area contributed by atoms with Crippen LogP contribution < -0.4 is 16.4 Å². The van der Waals surface area contributed by atoms with Crippen LogP contribution in [0.2, 0.25) is 0 Å². The van der Waals surface area contributed by atoms with E-state index in [1.807, 2.05) is 6.20 Å². The molecule has 6 heteroatoms. The molecule has 0 saturated heterocycles. The van der Waals surface area contributed by atoms with Gasteiger partial charge in [0.25, 0.3) is 0 Å². The molecule has 0 aliphatic rings. The maximum absolute atomic E-state index is 5.03. The van der Waals surface area contributed by atoms with Crippen LogP contribution in [0.3, 0.4) is 0 Å². The lowest BCUT2D eigenvalue weighted by Crippen LogP contribution is -2.26. The smallest absolute Gasteiger partial charge is 0.0544 e. The van der Waals surface area contributed by atoms with Crippen LogP contribution in [0.5, 0.6) is 0 Å². The molecule has 0 saturated carbocycles. The van der Waals surface area contributed by atoms with Crippen LogP contribution in [0.4, 0.5) is 0 Å². The first-order valence-corrected chi connectivity index (χ1v) is 11.5. The summed E-state index contributed by atoms with van der Waals surface area (Å²) < 4.78 is 0. The van der Waals surface area contributed by atoms with Gasteiger partial charge in [0.1, 0.15) is 0 Å². The average Bonchev–Trinajstić information content (AvgIpc) is 2.77. The molecule has 0 aliphatic carbocycles. The van der Waals surface area contributed by atoms with Crippen molar-refractivity contribution < 1.29 is 0 Å². The normalized spacial score (nSPS) is 10.9. The van der Waals surface area contributed by atoms with Crippen molar-refractivity contribution in [3.63, 3.8) is 0 Å². The van der Waals surface area contributed by atoms with Gasteiger partial charge in [0.05, 0.1) is 5.69 Å². The number of hydrogen-bond acceptors (Lipinski definition) is 6. The number of rotatable bonds is 14. The lowest BCUT2D eigenvalue weighted by Gasteiger charge is -2.16. The second-order valence-corrected chi connectivity index (χ2v) is 8.18. The molecular weight excluding hydrogens is 384 g/mol. The Hall–Kier alpha value is -1.83. The molecule has 1 aromatic carbocycles. The van der Waals surface area contributed by atoms with Gasteiger partial charge in [-0.3, -0.25) is 4.98 Å². The lowest BCUT2D eigenvalue weighted by molar-refractivity contribution is 0.319. The number of likely N-dealkylation sites (N-methyl/N-ethyl adjacent to an activating group) is 1. The average molecular weight is 429 g/mol. The van der Waals surface area contributed by atoms with Crippen LogP contribution in [0.15, 0.2) is 48.7 Å². The summed E-state index contributed by atoms with van der Waals surface area (Å²) in [6.07, 6.45) is 4.14. The summed E-state index contributed by atoms with van der Waals surface area (Å²) in [6, 6.07) is 14.9.